The van der Waals surface area contributed by atoms with Gasteiger partial charge >= 0.3 is 0 Å². The van der Waals surface area contributed by atoms with E-state index in [9.17, 15) is 9.59 Å². The highest BCUT2D eigenvalue weighted by atomic mass is 79.9. The molecule has 4 nitrogen and oxygen atoms in total. The largest absolute Gasteiger partial charge is 0.274 e. The van der Waals surface area contributed by atoms with Gasteiger partial charge in [0.05, 0.1) is 0 Å². The number of carbonyl (C=O) groups is 2. The molecule has 0 unspecified atom stereocenters. The summed E-state index contributed by atoms with van der Waals surface area (Å²) in [5.41, 5.74) is 2.01. The average molecular weight is 381 g/mol. The van der Waals surface area contributed by atoms with Crippen molar-refractivity contribution in [2.45, 2.75) is 6.42 Å². The van der Waals surface area contributed by atoms with E-state index in [2.05, 4.69) is 20.9 Å². The summed E-state index contributed by atoms with van der Waals surface area (Å²) < 4.78 is 0.880. The van der Waals surface area contributed by atoms with E-state index in [1.54, 1.807) is 18.3 Å². The molecule has 24 heavy (non-hydrogen) atoms. The zero-order valence-electron chi connectivity index (χ0n) is 12.7. The van der Waals surface area contributed by atoms with Crippen LogP contribution in [0.4, 0.5) is 0 Å². The first kappa shape index (κ1) is 15.0. The van der Waals surface area contributed by atoms with Crippen molar-refractivity contribution >= 4 is 38.5 Å². The van der Waals surface area contributed by atoms with E-state index in [1.807, 2.05) is 36.4 Å². The molecule has 3 aromatic rings. The van der Waals surface area contributed by atoms with Crippen molar-refractivity contribution in [3.8, 4) is 0 Å². The summed E-state index contributed by atoms with van der Waals surface area (Å²) in [6, 6.07) is 14.8. The number of rotatable bonds is 3. The Bertz CT molecular complexity index is 948. The Kier molecular flexibility index (Phi) is 3.65. The first-order valence-corrected chi connectivity index (χ1v) is 8.43. The van der Waals surface area contributed by atoms with Crippen LogP contribution in [-0.2, 0) is 6.42 Å². The third-order valence-electron chi connectivity index (χ3n) is 4.26. The van der Waals surface area contributed by atoms with E-state index >= 15 is 0 Å². The van der Waals surface area contributed by atoms with E-state index in [0.29, 0.717) is 24.1 Å². The van der Waals surface area contributed by atoms with Crippen LogP contribution in [0.3, 0.4) is 0 Å². The van der Waals surface area contributed by atoms with Gasteiger partial charge in [0.15, 0.2) is 0 Å². The quantitative estimate of drug-likeness (QED) is 0.648. The summed E-state index contributed by atoms with van der Waals surface area (Å²) in [6.45, 7) is 0.320. The van der Waals surface area contributed by atoms with Crippen LogP contribution in [0.25, 0.3) is 10.8 Å². The smallest absolute Gasteiger partial charge is 0.261 e. The lowest BCUT2D eigenvalue weighted by Gasteiger charge is -2.27. The second kappa shape index (κ2) is 5.83. The fourth-order valence-corrected chi connectivity index (χ4v) is 3.55. The van der Waals surface area contributed by atoms with Crippen LogP contribution in [0, 0.1) is 0 Å². The van der Waals surface area contributed by atoms with Crippen molar-refractivity contribution in [1.82, 2.24) is 9.88 Å². The standard InChI is InChI=1S/C19H13BrN2O2/c20-16-8-7-15-17-13(16)5-3-6-14(17)18(23)22(19(15)24)11-9-12-4-1-2-10-21-12/h1-8,10H,9,11H2. The Morgan fingerprint density at radius 3 is 2.46 bits per heavy atom. The number of imide groups is 1. The maximum absolute atomic E-state index is 12.8. The molecule has 118 valence electrons. The minimum absolute atomic E-state index is 0.243. The molecule has 4 rings (SSSR count). The maximum atomic E-state index is 12.8. The Labute approximate surface area is 147 Å². The average Bonchev–Trinajstić information content (AvgIpc) is 2.61. The first-order valence-electron chi connectivity index (χ1n) is 7.64. The number of hydrogen-bond donors (Lipinski definition) is 0. The SMILES string of the molecule is O=C1c2cccc3c(Br)ccc(c23)C(=O)N1CCc1ccccn1. The molecule has 5 heteroatoms. The van der Waals surface area contributed by atoms with Gasteiger partial charge in [-0.1, -0.05) is 34.1 Å². The maximum Gasteiger partial charge on any atom is 0.261 e. The number of halogens is 1. The monoisotopic (exact) mass is 380 g/mol. The van der Waals surface area contributed by atoms with Crippen molar-refractivity contribution in [3.05, 3.63) is 76.0 Å². The molecule has 2 heterocycles. The third-order valence-corrected chi connectivity index (χ3v) is 4.95. The molecule has 0 bridgehead atoms. The number of carbonyl (C=O) groups excluding carboxylic acids is 2. The Morgan fingerprint density at radius 1 is 0.917 bits per heavy atom. The second-order valence-corrected chi connectivity index (χ2v) is 6.51. The summed E-state index contributed by atoms with van der Waals surface area (Å²) >= 11 is 3.49. The number of hydrogen-bond acceptors (Lipinski definition) is 3. The molecule has 0 saturated carbocycles. The Hall–Kier alpha value is -2.53. The second-order valence-electron chi connectivity index (χ2n) is 5.66. The van der Waals surface area contributed by atoms with E-state index < -0.39 is 0 Å². The highest BCUT2D eigenvalue weighted by Crippen LogP contribution is 2.34. The van der Waals surface area contributed by atoms with Crippen molar-refractivity contribution in [2.24, 2.45) is 0 Å². The molecular weight excluding hydrogens is 368 g/mol. The molecule has 1 aliphatic rings. The van der Waals surface area contributed by atoms with E-state index in [0.717, 1.165) is 20.9 Å². The van der Waals surface area contributed by atoms with Crippen LogP contribution in [0.15, 0.2) is 59.2 Å². The molecule has 0 fully saturated rings. The lowest BCUT2D eigenvalue weighted by molar-refractivity contribution is 0.0612. The normalized spacial score (nSPS) is 13.6. The number of aromatic nitrogens is 1. The lowest BCUT2D eigenvalue weighted by Crippen LogP contribution is -2.41. The molecule has 0 aliphatic carbocycles. The van der Waals surface area contributed by atoms with Gasteiger partial charge in [-0.05, 0) is 35.7 Å². The highest BCUT2D eigenvalue weighted by molar-refractivity contribution is 9.10. The van der Waals surface area contributed by atoms with Crippen molar-refractivity contribution in [3.63, 3.8) is 0 Å². The highest BCUT2D eigenvalue weighted by Gasteiger charge is 2.32. The van der Waals surface area contributed by atoms with Gasteiger partial charge in [-0.25, -0.2) is 0 Å². The van der Waals surface area contributed by atoms with Crippen LogP contribution in [-0.4, -0.2) is 28.2 Å². The third kappa shape index (κ3) is 2.32. The van der Waals surface area contributed by atoms with E-state index in [-0.39, 0.29) is 11.8 Å². The van der Waals surface area contributed by atoms with Crippen LogP contribution >= 0.6 is 15.9 Å². The topological polar surface area (TPSA) is 50.3 Å². The molecule has 0 saturated heterocycles. The summed E-state index contributed by atoms with van der Waals surface area (Å²) in [7, 11) is 0. The van der Waals surface area contributed by atoms with Gasteiger partial charge in [0.2, 0.25) is 0 Å². The number of amides is 2. The fourth-order valence-electron chi connectivity index (χ4n) is 3.09. The molecular formula is C19H13BrN2O2. The zero-order valence-corrected chi connectivity index (χ0v) is 14.3. The molecule has 2 aromatic carbocycles. The number of nitrogens with zero attached hydrogens (tertiary/aromatic N) is 2. The molecule has 1 aromatic heterocycles. The molecule has 0 radical (unpaired) electrons. The number of pyridine rings is 1. The summed E-state index contributed by atoms with van der Waals surface area (Å²) in [4.78, 5) is 31.2. The number of benzene rings is 2. The molecule has 1 aliphatic heterocycles. The van der Waals surface area contributed by atoms with Crippen LogP contribution in [0.5, 0.6) is 0 Å². The van der Waals surface area contributed by atoms with Gasteiger partial charge in [-0.2, -0.15) is 0 Å². The van der Waals surface area contributed by atoms with Crippen molar-refractivity contribution in [1.29, 1.82) is 0 Å². The van der Waals surface area contributed by atoms with Crippen LogP contribution < -0.4 is 0 Å². The van der Waals surface area contributed by atoms with Gasteiger partial charge in [-0.15, -0.1) is 0 Å². The van der Waals surface area contributed by atoms with Crippen molar-refractivity contribution < 1.29 is 9.59 Å². The first-order chi connectivity index (χ1) is 11.7. The Morgan fingerprint density at radius 2 is 1.71 bits per heavy atom. The lowest BCUT2D eigenvalue weighted by atomic mass is 9.94. The summed E-state index contributed by atoms with van der Waals surface area (Å²) in [6.07, 6.45) is 2.25. The summed E-state index contributed by atoms with van der Waals surface area (Å²) in [5, 5.41) is 1.62. The van der Waals surface area contributed by atoms with Gasteiger partial charge < -0.3 is 0 Å². The predicted molar refractivity (Wildman–Crippen MR) is 95.0 cm³/mol. The molecule has 0 N–H and O–H groups in total. The Balaban J connectivity index is 1.74. The van der Waals surface area contributed by atoms with Gasteiger partial charge in [0.1, 0.15) is 0 Å². The molecule has 2 amide bonds. The van der Waals surface area contributed by atoms with Gasteiger partial charge in [-0.3, -0.25) is 19.5 Å². The van der Waals surface area contributed by atoms with E-state index in [1.165, 1.54) is 4.90 Å². The van der Waals surface area contributed by atoms with Gasteiger partial charge in [0, 0.05) is 45.8 Å². The minimum atomic E-state index is -0.243. The van der Waals surface area contributed by atoms with Gasteiger partial charge in [0.25, 0.3) is 11.8 Å². The molecule has 0 spiro atoms. The minimum Gasteiger partial charge on any atom is -0.274 e. The van der Waals surface area contributed by atoms with Crippen LogP contribution in [0.2, 0.25) is 0 Å². The fraction of sp³-hybridized carbons (Fsp3) is 0.105. The van der Waals surface area contributed by atoms with E-state index in [4.69, 9.17) is 0 Å². The van der Waals surface area contributed by atoms with Crippen LogP contribution in [0.1, 0.15) is 26.4 Å². The zero-order chi connectivity index (χ0) is 16.7. The predicted octanol–water partition coefficient (Wildman–Crippen LogP) is 3.84. The summed E-state index contributed by atoms with van der Waals surface area (Å²) in [5.74, 6) is -0.487. The molecule has 0 atom stereocenters. The van der Waals surface area contributed by atoms with Crippen molar-refractivity contribution in [2.75, 3.05) is 6.54 Å².